The lowest BCUT2D eigenvalue weighted by Crippen LogP contribution is -2.30. The van der Waals surface area contributed by atoms with E-state index in [-0.39, 0.29) is 11.6 Å². The third kappa shape index (κ3) is 7.91. The fourth-order valence-corrected chi connectivity index (χ4v) is 6.82. The van der Waals surface area contributed by atoms with Crippen LogP contribution >= 0.6 is 23.1 Å². The number of rotatable bonds is 11. The van der Waals surface area contributed by atoms with Crippen molar-refractivity contribution in [3.05, 3.63) is 132 Å². The molecule has 0 bridgehead atoms. The summed E-state index contributed by atoms with van der Waals surface area (Å²) in [6.45, 7) is 4.32. The maximum atomic E-state index is 13.7. The van der Waals surface area contributed by atoms with E-state index in [0.29, 0.717) is 23.0 Å². The first-order chi connectivity index (χ1) is 23.4. The number of carbonyl (C=O) groups excluding carboxylic acids is 3. The number of fused-ring (bicyclic) bond motifs is 2. The van der Waals surface area contributed by atoms with Crippen molar-refractivity contribution in [2.75, 3.05) is 17.2 Å². The predicted molar refractivity (Wildman–Crippen MR) is 196 cm³/mol. The molecule has 6 rings (SSSR count). The van der Waals surface area contributed by atoms with Gasteiger partial charge in [0.05, 0.1) is 22.1 Å². The standard InChI is InChI=1S/C38H32N4O4S2/c1-3-46-29-19-20-32-34(23-29)48-38(41-32)42-35(43)24(2)47-30-17-10-16-28(22-30)39-37(45)33(40-36(44)26-12-5-4-6-13-26)21-27-15-9-14-25-11-7-8-18-31(25)27/h4-24H,3H2,1-2H3,(H,39,45)(H,40,44)(H,41,42,43)/b33-21+. The van der Waals surface area contributed by atoms with Gasteiger partial charge in [0, 0.05) is 16.1 Å². The smallest absolute Gasteiger partial charge is 0.272 e. The molecule has 0 radical (unpaired) electrons. The number of aromatic nitrogens is 1. The van der Waals surface area contributed by atoms with Gasteiger partial charge < -0.3 is 20.7 Å². The quantitative estimate of drug-likeness (QED) is 0.0943. The second-order valence-corrected chi connectivity index (χ2v) is 13.2. The van der Waals surface area contributed by atoms with Crippen LogP contribution in [0.4, 0.5) is 10.8 Å². The highest BCUT2D eigenvalue weighted by molar-refractivity contribution is 8.00. The summed E-state index contributed by atoms with van der Waals surface area (Å²) in [5.74, 6) is -0.313. The number of nitrogens with one attached hydrogen (secondary N) is 3. The van der Waals surface area contributed by atoms with Crippen molar-refractivity contribution in [2.24, 2.45) is 0 Å². The molecule has 0 saturated carbocycles. The Morgan fingerprint density at radius 1 is 0.875 bits per heavy atom. The molecule has 0 spiro atoms. The zero-order valence-electron chi connectivity index (χ0n) is 26.2. The van der Waals surface area contributed by atoms with Crippen LogP contribution < -0.4 is 20.7 Å². The number of benzene rings is 5. The zero-order chi connectivity index (χ0) is 33.5. The van der Waals surface area contributed by atoms with Crippen molar-refractivity contribution < 1.29 is 19.1 Å². The van der Waals surface area contributed by atoms with Crippen molar-refractivity contribution in [3.63, 3.8) is 0 Å². The maximum absolute atomic E-state index is 13.7. The topological polar surface area (TPSA) is 109 Å². The van der Waals surface area contributed by atoms with Gasteiger partial charge in [-0.1, -0.05) is 78.1 Å². The lowest BCUT2D eigenvalue weighted by molar-refractivity contribution is -0.115. The lowest BCUT2D eigenvalue weighted by atomic mass is 10.0. The molecule has 0 aliphatic carbocycles. The van der Waals surface area contributed by atoms with Crippen molar-refractivity contribution in [1.82, 2.24) is 10.3 Å². The Morgan fingerprint density at radius 3 is 2.48 bits per heavy atom. The second-order valence-electron chi connectivity index (χ2n) is 10.8. The van der Waals surface area contributed by atoms with E-state index in [1.165, 1.54) is 23.1 Å². The Kier molecular flexibility index (Phi) is 10.1. The molecule has 0 fully saturated rings. The van der Waals surface area contributed by atoms with E-state index in [0.717, 1.165) is 37.2 Å². The molecule has 3 N–H and O–H groups in total. The molecule has 1 heterocycles. The highest BCUT2D eigenvalue weighted by atomic mass is 32.2. The Balaban J connectivity index is 1.17. The van der Waals surface area contributed by atoms with Gasteiger partial charge >= 0.3 is 0 Å². The monoisotopic (exact) mass is 672 g/mol. The molecule has 6 aromatic rings. The van der Waals surface area contributed by atoms with E-state index in [4.69, 9.17) is 4.74 Å². The minimum Gasteiger partial charge on any atom is -0.494 e. The van der Waals surface area contributed by atoms with E-state index in [1.54, 1.807) is 42.5 Å². The first kappa shape index (κ1) is 32.5. The number of amides is 3. The molecule has 0 aliphatic rings. The van der Waals surface area contributed by atoms with Crippen molar-refractivity contribution in [3.8, 4) is 5.75 Å². The van der Waals surface area contributed by atoms with Gasteiger partial charge in [0.15, 0.2) is 5.13 Å². The molecule has 0 aliphatic heterocycles. The predicted octanol–water partition coefficient (Wildman–Crippen LogP) is 8.38. The first-order valence-electron chi connectivity index (χ1n) is 15.3. The maximum Gasteiger partial charge on any atom is 0.272 e. The van der Waals surface area contributed by atoms with Crippen LogP contribution in [0.2, 0.25) is 0 Å². The highest BCUT2D eigenvalue weighted by Crippen LogP contribution is 2.31. The third-order valence-electron chi connectivity index (χ3n) is 7.33. The lowest BCUT2D eigenvalue weighted by Gasteiger charge is -2.14. The number of hydrogen-bond acceptors (Lipinski definition) is 7. The molecule has 5 aromatic carbocycles. The summed E-state index contributed by atoms with van der Waals surface area (Å²) in [6.07, 6.45) is 1.68. The number of carbonyl (C=O) groups is 3. The highest BCUT2D eigenvalue weighted by Gasteiger charge is 2.19. The minimum atomic E-state index is -0.483. The third-order valence-corrected chi connectivity index (χ3v) is 9.35. The number of thiazole rings is 1. The summed E-state index contributed by atoms with van der Waals surface area (Å²) in [4.78, 5) is 45.3. The summed E-state index contributed by atoms with van der Waals surface area (Å²) in [6, 6.07) is 35.3. The Hall–Kier alpha value is -5.45. The summed E-state index contributed by atoms with van der Waals surface area (Å²) >= 11 is 2.75. The molecular weight excluding hydrogens is 641 g/mol. The fraction of sp³-hybridized carbons (Fsp3) is 0.105. The van der Waals surface area contributed by atoms with Gasteiger partial charge in [-0.25, -0.2) is 4.98 Å². The van der Waals surface area contributed by atoms with Crippen molar-refractivity contribution >= 4 is 78.7 Å². The summed E-state index contributed by atoms with van der Waals surface area (Å²) in [7, 11) is 0. The SMILES string of the molecule is CCOc1ccc2nc(NC(=O)C(C)Sc3cccc(NC(=O)/C(=C\c4cccc5ccccc45)NC(=O)c4ccccc4)c3)sc2c1. The molecule has 3 amide bonds. The second kappa shape index (κ2) is 15.0. The summed E-state index contributed by atoms with van der Waals surface area (Å²) in [5.41, 5.74) is 2.62. The van der Waals surface area contributed by atoms with Gasteiger partial charge in [-0.2, -0.15) is 0 Å². The largest absolute Gasteiger partial charge is 0.494 e. The average Bonchev–Trinajstić information content (AvgIpc) is 3.50. The van der Waals surface area contributed by atoms with Crippen molar-refractivity contribution in [1.29, 1.82) is 0 Å². The van der Waals surface area contributed by atoms with Crippen LogP contribution in [-0.4, -0.2) is 34.6 Å². The van der Waals surface area contributed by atoms with E-state index < -0.39 is 17.1 Å². The van der Waals surface area contributed by atoms with Gasteiger partial charge in [0.25, 0.3) is 11.8 Å². The Morgan fingerprint density at radius 2 is 1.65 bits per heavy atom. The first-order valence-corrected chi connectivity index (χ1v) is 17.0. The van der Waals surface area contributed by atoms with Crippen LogP contribution in [0.5, 0.6) is 5.75 Å². The van der Waals surface area contributed by atoms with Crippen LogP contribution in [0, 0.1) is 0 Å². The molecule has 10 heteroatoms. The average molecular weight is 673 g/mol. The van der Waals surface area contributed by atoms with E-state index in [1.807, 2.05) is 92.7 Å². The normalized spacial score (nSPS) is 12.0. The minimum absolute atomic E-state index is 0.0928. The summed E-state index contributed by atoms with van der Waals surface area (Å²) < 4.78 is 6.50. The molecule has 240 valence electrons. The van der Waals surface area contributed by atoms with Crippen LogP contribution in [0.1, 0.15) is 29.8 Å². The van der Waals surface area contributed by atoms with Gasteiger partial charge in [-0.3, -0.25) is 14.4 Å². The molecule has 0 saturated heterocycles. The van der Waals surface area contributed by atoms with E-state index in [2.05, 4.69) is 20.9 Å². The van der Waals surface area contributed by atoms with Gasteiger partial charge in [0.1, 0.15) is 11.4 Å². The van der Waals surface area contributed by atoms with Gasteiger partial charge in [0.2, 0.25) is 5.91 Å². The number of thioether (sulfide) groups is 1. The van der Waals surface area contributed by atoms with Crippen LogP contribution in [0.3, 0.4) is 0 Å². The van der Waals surface area contributed by atoms with Crippen LogP contribution in [-0.2, 0) is 9.59 Å². The number of anilines is 2. The zero-order valence-corrected chi connectivity index (χ0v) is 27.9. The fourth-order valence-electron chi connectivity index (χ4n) is 5.00. The van der Waals surface area contributed by atoms with E-state index >= 15 is 0 Å². The van der Waals surface area contributed by atoms with Crippen LogP contribution in [0.25, 0.3) is 27.1 Å². The summed E-state index contributed by atoms with van der Waals surface area (Å²) in [5, 5.41) is 10.7. The molecule has 48 heavy (non-hydrogen) atoms. The van der Waals surface area contributed by atoms with Crippen molar-refractivity contribution in [2.45, 2.75) is 24.0 Å². The molecular formula is C38H32N4O4S2. The van der Waals surface area contributed by atoms with E-state index in [9.17, 15) is 14.4 Å². The molecule has 1 unspecified atom stereocenters. The number of nitrogens with zero attached hydrogens (tertiary/aromatic N) is 1. The van der Waals surface area contributed by atoms with Gasteiger partial charge in [-0.15, -0.1) is 11.8 Å². The van der Waals surface area contributed by atoms with Gasteiger partial charge in [-0.05, 0) is 84.8 Å². The van der Waals surface area contributed by atoms with Crippen LogP contribution in [0.15, 0.2) is 126 Å². The Labute approximate surface area is 286 Å². The number of ether oxygens (including phenoxy) is 1. The molecule has 1 atom stereocenters. The number of hydrogen-bond donors (Lipinski definition) is 3. The molecule has 1 aromatic heterocycles. The Bertz CT molecular complexity index is 2140. The molecule has 8 nitrogen and oxygen atoms in total.